The zero-order valence-corrected chi connectivity index (χ0v) is 21.9. The van der Waals surface area contributed by atoms with Gasteiger partial charge in [-0.05, 0) is 41.2 Å². The first kappa shape index (κ1) is 23.4. The Bertz CT molecular complexity index is 1380. The summed E-state index contributed by atoms with van der Waals surface area (Å²) >= 11 is 11.2. The molecule has 0 bridgehead atoms. The average molecular weight is 557 g/mol. The highest BCUT2D eigenvalue weighted by atomic mass is 79.9. The zero-order valence-electron chi connectivity index (χ0n) is 18.7. The fourth-order valence-corrected chi connectivity index (χ4v) is 6.12. The van der Waals surface area contributed by atoms with Crippen LogP contribution in [0, 0.1) is 5.41 Å². The molecule has 2 aliphatic rings. The lowest BCUT2D eigenvalue weighted by atomic mass is 9.69. The molecule has 0 saturated heterocycles. The second-order valence-corrected chi connectivity index (χ2v) is 11.7. The van der Waals surface area contributed by atoms with Crippen LogP contribution >= 0.6 is 39.3 Å². The minimum Gasteiger partial charge on any atom is -0.343 e. The number of Topliss-reactive ketones (excluding diaryl/α,β-unsaturated/α-hetero) is 1. The van der Waals surface area contributed by atoms with Gasteiger partial charge in [0, 0.05) is 38.9 Å². The zero-order chi connectivity index (χ0) is 24.0. The number of aromatic nitrogens is 2. The summed E-state index contributed by atoms with van der Waals surface area (Å²) < 4.78 is 0.939. The molecule has 5 rings (SSSR count). The average Bonchev–Trinajstić information content (AvgIpc) is 2.77. The summed E-state index contributed by atoms with van der Waals surface area (Å²) in [5.41, 5.74) is 3.50. The molecule has 5 nitrogen and oxygen atoms in total. The van der Waals surface area contributed by atoms with Gasteiger partial charge >= 0.3 is 0 Å². The molecule has 1 unspecified atom stereocenters. The van der Waals surface area contributed by atoms with Crippen molar-refractivity contribution >= 4 is 50.9 Å². The Morgan fingerprint density at radius 1 is 1.12 bits per heavy atom. The number of nitrogens with one attached hydrogen (secondary N) is 2. The molecule has 0 radical (unpaired) electrons. The van der Waals surface area contributed by atoms with E-state index in [-0.39, 0.29) is 16.8 Å². The van der Waals surface area contributed by atoms with Crippen molar-refractivity contribution in [2.24, 2.45) is 5.41 Å². The van der Waals surface area contributed by atoms with Crippen LogP contribution in [-0.2, 0) is 10.5 Å². The molecule has 2 heterocycles. The minimum atomic E-state index is -0.457. The lowest BCUT2D eigenvalue weighted by molar-refractivity contribution is -0.118. The molecule has 0 fully saturated rings. The van der Waals surface area contributed by atoms with Crippen LogP contribution in [0.4, 0.5) is 5.82 Å². The van der Waals surface area contributed by atoms with Gasteiger partial charge in [-0.25, -0.2) is 4.98 Å². The van der Waals surface area contributed by atoms with Crippen LogP contribution in [0.3, 0.4) is 0 Å². The number of allylic oxidation sites excluding steroid dienone is 2. The molecule has 0 saturated carbocycles. The number of hydrogen-bond acceptors (Lipinski definition) is 5. The Labute approximate surface area is 215 Å². The first-order valence-electron chi connectivity index (χ1n) is 11.0. The van der Waals surface area contributed by atoms with Crippen LogP contribution < -0.4 is 10.9 Å². The van der Waals surface area contributed by atoms with Crippen LogP contribution in [0.25, 0.3) is 0 Å². The third-order valence-electron chi connectivity index (χ3n) is 6.23. The molecule has 1 aliphatic heterocycles. The van der Waals surface area contributed by atoms with E-state index in [1.54, 1.807) is 0 Å². The van der Waals surface area contributed by atoms with Crippen LogP contribution in [0.5, 0.6) is 0 Å². The summed E-state index contributed by atoms with van der Waals surface area (Å²) in [6.45, 7) is 4.19. The Morgan fingerprint density at radius 2 is 1.85 bits per heavy atom. The largest absolute Gasteiger partial charge is 0.343 e. The van der Waals surface area contributed by atoms with Crippen LogP contribution in [0.2, 0.25) is 5.02 Å². The van der Waals surface area contributed by atoms with Crippen LogP contribution in [0.1, 0.15) is 49.3 Å². The maximum absolute atomic E-state index is 13.4. The summed E-state index contributed by atoms with van der Waals surface area (Å²) in [6, 6.07) is 15.4. The maximum atomic E-state index is 13.4. The standard InChI is InChI=1S/C26H23BrClN3O2S/c1-26(2)11-18-21(19(32)12-26)20(14-7-9-16(27)10-8-14)22-23(29-18)30-25(31-24(22)33)34-13-15-5-3-4-6-17(15)28/h3-10,20H,11-13H2,1-2H3,(H2,29,30,31,33). The number of carbonyl (C=O) groups excluding carboxylic acids is 1. The summed E-state index contributed by atoms with van der Waals surface area (Å²) in [5.74, 6) is 0.718. The third kappa shape index (κ3) is 4.49. The molecule has 2 N–H and O–H groups in total. The molecular weight excluding hydrogens is 534 g/mol. The van der Waals surface area contributed by atoms with Gasteiger partial charge in [0.25, 0.3) is 5.56 Å². The van der Waals surface area contributed by atoms with Gasteiger partial charge in [0.05, 0.1) is 5.56 Å². The molecule has 0 amide bonds. The fourth-order valence-electron chi connectivity index (χ4n) is 4.71. The highest BCUT2D eigenvalue weighted by Crippen LogP contribution is 2.47. The van der Waals surface area contributed by atoms with E-state index >= 15 is 0 Å². The molecule has 174 valence electrons. The number of anilines is 1. The van der Waals surface area contributed by atoms with E-state index in [0.29, 0.717) is 39.3 Å². The molecule has 3 aromatic rings. The van der Waals surface area contributed by atoms with Crippen molar-refractivity contribution in [3.8, 4) is 0 Å². The number of benzene rings is 2. The fraction of sp³-hybridized carbons (Fsp3) is 0.269. The van der Waals surface area contributed by atoms with Crippen molar-refractivity contribution in [3.05, 3.63) is 96.3 Å². The van der Waals surface area contributed by atoms with Crippen molar-refractivity contribution in [1.82, 2.24) is 9.97 Å². The predicted octanol–water partition coefficient (Wildman–Crippen LogP) is 6.68. The number of halogens is 2. The third-order valence-corrected chi connectivity index (χ3v) is 8.05. The van der Waals surface area contributed by atoms with Gasteiger partial charge in [-0.15, -0.1) is 0 Å². The van der Waals surface area contributed by atoms with E-state index in [2.05, 4.69) is 40.1 Å². The minimum absolute atomic E-state index is 0.0777. The number of fused-ring (bicyclic) bond motifs is 1. The van der Waals surface area contributed by atoms with Gasteiger partial charge in [-0.3, -0.25) is 9.59 Å². The highest BCUT2D eigenvalue weighted by Gasteiger charge is 2.42. The van der Waals surface area contributed by atoms with E-state index in [4.69, 9.17) is 16.6 Å². The summed E-state index contributed by atoms with van der Waals surface area (Å²) in [5, 5.41) is 4.56. The number of hydrogen-bond donors (Lipinski definition) is 2. The molecule has 8 heteroatoms. The number of rotatable bonds is 4. The van der Waals surface area contributed by atoms with Gasteiger partial charge < -0.3 is 10.3 Å². The first-order valence-corrected chi connectivity index (χ1v) is 13.2. The number of aromatic amines is 1. The Hall–Kier alpha value is -2.35. The lowest BCUT2D eigenvalue weighted by Gasteiger charge is -2.38. The van der Waals surface area contributed by atoms with Crippen molar-refractivity contribution in [1.29, 1.82) is 0 Å². The Kier molecular flexibility index (Phi) is 6.21. The number of thioether (sulfide) groups is 1. The number of H-pyrrole nitrogens is 1. The predicted molar refractivity (Wildman–Crippen MR) is 141 cm³/mol. The second-order valence-electron chi connectivity index (χ2n) is 9.46. The summed E-state index contributed by atoms with van der Waals surface area (Å²) in [4.78, 5) is 34.4. The number of carbonyl (C=O) groups is 1. The molecule has 1 aliphatic carbocycles. The number of nitrogens with zero attached hydrogens (tertiary/aromatic N) is 1. The molecule has 1 aromatic heterocycles. The van der Waals surface area contributed by atoms with Gasteiger partial charge in [-0.1, -0.05) is 83.5 Å². The molecule has 1 atom stereocenters. The molecular formula is C26H23BrClN3O2S. The van der Waals surface area contributed by atoms with Crippen molar-refractivity contribution in [3.63, 3.8) is 0 Å². The van der Waals surface area contributed by atoms with E-state index in [0.717, 1.165) is 27.7 Å². The van der Waals surface area contributed by atoms with Crippen LogP contribution in [-0.4, -0.2) is 15.8 Å². The van der Waals surface area contributed by atoms with E-state index in [1.807, 2.05) is 48.5 Å². The molecule has 0 spiro atoms. The second kappa shape index (κ2) is 9.02. The van der Waals surface area contributed by atoms with E-state index in [1.165, 1.54) is 11.8 Å². The lowest BCUT2D eigenvalue weighted by Crippen LogP contribution is -2.37. The maximum Gasteiger partial charge on any atom is 0.257 e. The normalized spacial score (nSPS) is 18.8. The highest BCUT2D eigenvalue weighted by molar-refractivity contribution is 9.10. The van der Waals surface area contributed by atoms with E-state index in [9.17, 15) is 9.59 Å². The Morgan fingerprint density at radius 3 is 2.59 bits per heavy atom. The summed E-state index contributed by atoms with van der Waals surface area (Å²) in [6.07, 6.45) is 1.17. The van der Waals surface area contributed by atoms with Crippen LogP contribution in [0.15, 0.2) is 74.2 Å². The van der Waals surface area contributed by atoms with Gasteiger partial charge in [0.2, 0.25) is 0 Å². The Balaban J connectivity index is 1.59. The SMILES string of the molecule is CC1(C)CC(=O)C2=C(C1)Nc1nc(SCc3ccccc3Cl)[nH]c(=O)c1C2c1ccc(Br)cc1. The first-order chi connectivity index (χ1) is 16.2. The molecule has 2 aromatic carbocycles. The van der Waals surface area contributed by atoms with Crippen molar-refractivity contribution < 1.29 is 4.79 Å². The quantitative estimate of drug-likeness (QED) is 0.277. The topological polar surface area (TPSA) is 74.8 Å². The van der Waals surface area contributed by atoms with Crippen molar-refractivity contribution in [2.45, 2.75) is 43.5 Å². The van der Waals surface area contributed by atoms with Gasteiger partial charge in [-0.2, -0.15) is 0 Å². The monoisotopic (exact) mass is 555 g/mol. The smallest absolute Gasteiger partial charge is 0.257 e. The molecule has 34 heavy (non-hydrogen) atoms. The van der Waals surface area contributed by atoms with E-state index < -0.39 is 5.92 Å². The van der Waals surface area contributed by atoms with Gasteiger partial charge in [0.1, 0.15) is 5.82 Å². The van der Waals surface area contributed by atoms with Gasteiger partial charge in [0.15, 0.2) is 10.9 Å². The summed E-state index contributed by atoms with van der Waals surface area (Å²) in [7, 11) is 0. The number of ketones is 1. The van der Waals surface area contributed by atoms with Crippen molar-refractivity contribution in [2.75, 3.05) is 5.32 Å².